The fourth-order valence-corrected chi connectivity index (χ4v) is 9.04. The van der Waals surface area contributed by atoms with Crippen LogP contribution in [-0.4, -0.2) is 4.57 Å². The lowest BCUT2D eigenvalue weighted by atomic mass is 9.73. The zero-order chi connectivity index (χ0) is 29.9. The highest BCUT2D eigenvalue weighted by Crippen LogP contribution is 2.58. The number of allylic oxidation sites excluding steroid dienone is 8. The van der Waals surface area contributed by atoms with Crippen molar-refractivity contribution in [2.45, 2.75) is 37.0 Å². The predicted octanol–water partition coefficient (Wildman–Crippen LogP) is 11.1. The van der Waals surface area contributed by atoms with Gasteiger partial charge >= 0.3 is 0 Å². The molecule has 0 saturated carbocycles. The lowest BCUT2D eigenvalue weighted by Gasteiger charge is -2.31. The van der Waals surface area contributed by atoms with E-state index in [2.05, 4.69) is 158 Å². The van der Waals surface area contributed by atoms with Crippen molar-refractivity contribution >= 4 is 21.9 Å². The Hall–Kier alpha value is -5.08. The summed E-state index contributed by atoms with van der Waals surface area (Å²) in [4.78, 5) is 0. The molecule has 0 fully saturated rings. The summed E-state index contributed by atoms with van der Waals surface area (Å²) in [5.74, 6) is 2.36. The van der Waals surface area contributed by atoms with E-state index in [-0.39, 0.29) is 17.3 Å². The fraction of sp³-hybridized carbons (Fsp3) is 0.163. The van der Waals surface area contributed by atoms with Crippen molar-refractivity contribution in [1.29, 1.82) is 0 Å². The van der Waals surface area contributed by atoms with Crippen LogP contribution in [0.25, 0.3) is 50.0 Å². The van der Waals surface area contributed by atoms with Gasteiger partial charge in [0, 0.05) is 56.6 Å². The van der Waals surface area contributed by atoms with Crippen LogP contribution in [-0.2, 0) is 5.41 Å². The van der Waals surface area contributed by atoms with Gasteiger partial charge in [-0.3, -0.25) is 0 Å². The zero-order valence-corrected chi connectivity index (χ0v) is 25.4. The largest absolute Gasteiger partial charge is 0.455 e. The Labute approximate surface area is 263 Å². The summed E-state index contributed by atoms with van der Waals surface area (Å²) in [6, 6.07) is 33.5. The van der Waals surface area contributed by atoms with Crippen LogP contribution in [0, 0.1) is 5.92 Å². The maximum absolute atomic E-state index is 7.18. The molecule has 0 bridgehead atoms. The van der Waals surface area contributed by atoms with E-state index in [1.807, 2.05) is 0 Å². The minimum absolute atomic E-state index is 0.0637. The highest BCUT2D eigenvalue weighted by atomic mass is 16.3. The van der Waals surface area contributed by atoms with Crippen molar-refractivity contribution < 1.29 is 4.42 Å². The number of rotatable bonds is 2. The molecule has 6 aromatic rings. The zero-order valence-electron chi connectivity index (χ0n) is 25.4. The topological polar surface area (TPSA) is 18.1 Å². The minimum atomic E-state index is 0.0637. The Kier molecular flexibility index (Phi) is 5.05. The SMILES string of the molecule is CC1(C)c2cc(-c3cccc4c5c(oc34)-c3c(n(-c4ccccc4)c4ccccc34)C3C=CC=CC53)ccc2C2C=CC=CC21. The van der Waals surface area contributed by atoms with Crippen LogP contribution < -0.4 is 0 Å². The summed E-state index contributed by atoms with van der Waals surface area (Å²) in [7, 11) is 0. The highest BCUT2D eigenvalue weighted by Gasteiger charge is 2.45. The number of hydrogen-bond donors (Lipinski definition) is 0. The Morgan fingerprint density at radius 1 is 0.667 bits per heavy atom. The number of nitrogens with zero attached hydrogens (tertiary/aromatic N) is 1. The van der Waals surface area contributed by atoms with Gasteiger partial charge in [0.25, 0.3) is 0 Å². The highest BCUT2D eigenvalue weighted by molar-refractivity contribution is 6.06. The molecule has 0 radical (unpaired) electrons. The van der Waals surface area contributed by atoms with E-state index in [4.69, 9.17) is 4.42 Å². The fourth-order valence-electron chi connectivity index (χ4n) is 9.04. The first-order valence-electron chi connectivity index (χ1n) is 16.2. The summed E-state index contributed by atoms with van der Waals surface area (Å²) < 4.78 is 9.65. The van der Waals surface area contributed by atoms with Crippen molar-refractivity contribution in [2.24, 2.45) is 5.92 Å². The van der Waals surface area contributed by atoms with Crippen molar-refractivity contribution in [3.8, 4) is 28.1 Å². The van der Waals surface area contributed by atoms with Crippen molar-refractivity contribution in [3.63, 3.8) is 0 Å². The third-order valence-electron chi connectivity index (χ3n) is 11.1. The van der Waals surface area contributed by atoms with Gasteiger partial charge in [0.15, 0.2) is 0 Å². The lowest BCUT2D eigenvalue weighted by Crippen LogP contribution is -2.24. The standard InChI is InChI=1S/C43H33NO/c1-43(2)35-21-10-8-15-29(35)30-24-23-26(25-36(30)43)28-19-12-20-34-38-31-16-6-7-17-32(31)40-39(42(38)45-41(28)34)33-18-9-11-22-37(33)44(40)27-13-4-3-5-14-27/h3-25,29,31-32,35H,1-2H3. The molecule has 4 aromatic carbocycles. The second-order valence-corrected chi connectivity index (χ2v) is 13.6. The van der Waals surface area contributed by atoms with Crippen LogP contribution in [0.1, 0.15) is 54.0 Å². The van der Waals surface area contributed by atoms with Gasteiger partial charge in [-0.15, -0.1) is 0 Å². The average Bonchev–Trinajstić information content (AvgIpc) is 3.72. The van der Waals surface area contributed by atoms with E-state index >= 15 is 0 Å². The van der Waals surface area contributed by atoms with E-state index in [1.165, 1.54) is 61.1 Å². The summed E-state index contributed by atoms with van der Waals surface area (Å²) in [5.41, 5.74) is 12.6. The molecule has 4 aliphatic carbocycles. The van der Waals surface area contributed by atoms with Gasteiger partial charge in [0.05, 0.1) is 5.52 Å². The van der Waals surface area contributed by atoms with E-state index < -0.39 is 0 Å². The van der Waals surface area contributed by atoms with Gasteiger partial charge in [-0.25, -0.2) is 0 Å². The first kappa shape index (κ1) is 25.3. The van der Waals surface area contributed by atoms with E-state index in [0.29, 0.717) is 11.8 Å². The molecule has 10 rings (SSSR count). The van der Waals surface area contributed by atoms with E-state index in [9.17, 15) is 0 Å². The molecule has 0 amide bonds. The summed E-state index contributed by atoms with van der Waals surface area (Å²) in [6.07, 6.45) is 18.4. The van der Waals surface area contributed by atoms with Crippen molar-refractivity contribution in [2.75, 3.05) is 0 Å². The van der Waals surface area contributed by atoms with Crippen LogP contribution in [0.15, 0.2) is 144 Å². The molecule has 216 valence electrons. The average molecular weight is 580 g/mol. The molecule has 4 unspecified atom stereocenters. The van der Waals surface area contributed by atoms with Crippen molar-refractivity contribution in [1.82, 2.24) is 4.57 Å². The molecule has 2 heterocycles. The molecule has 2 heteroatoms. The van der Waals surface area contributed by atoms with Crippen LogP contribution in [0.4, 0.5) is 0 Å². The molecule has 0 spiro atoms. The smallest absolute Gasteiger partial charge is 0.142 e. The third kappa shape index (κ3) is 3.29. The molecule has 0 saturated heterocycles. The summed E-state index contributed by atoms with van der Waals surface area (Å²) >= 11 is 0. The molecule has 2 nitrogen and oxygen atoms in total. The van der Waals surface area contributed by atoms with Gasteiger partial charge in [-0.1, -0.05) is 135 Å². The van der Waals surface area contributed by atoms with Crippen LogP contribution in [0.5, 0.6) is 0 Å². The summed E-state index contributed by atoms with van der Waals surface area (Å²) in [6.45, 7) is 4.81. The lowest BCUT2D eigenvalue weighted by molar-refractivity contribution is 0.394. The number of benzene rings is 4. The Morgan fingerprint density at radius 2 is 1.40 bits per heavy atom. The summed E-state index contributed by atoms with van der Waals surface area (Å²) in [5, 5.41) is 2.46. The van der Waals surface area contributed by atoms with Gasteiger partial charge < -0.3 is 8.98 Å². The molecule has 4 aliphatic rings. The van der Waals surface area contributed by atoms with Gasteiger partial charge in [0.2, 0.25) is 0 Å². The Bertz CT molecular complexity index is 2320. The number of para-hydroxylation sites is 3. The second-order valence-electron chi connectivity index (χ2n) is 13.6. The van der Waals surface area contributed by atoms with Gasteiger partial charge in [0.1, 0.15) is 11.3 Å². The molecule has 0 aliphatic heterocycles. The van der Waals surface area contributed by atoms with Crippen LogP contribution in [0.2, 0.25) is 0 Å². The van der Waals surface area contributed by atoms with Crippen LogP contribution in [0.3, 0.4) is 0 Å². The van der Waals surface area contributed by atoms with Gasteiger partial charge in [-0.05, 0) is 46.2 Å². The van der Waals surface area contributed by atoms with Crippen LogP contribution >= 0.6 is 0 Å². The molecular weight excluding hydrogens is 546 g/mol. The normalized spacial score (nSPS) is 23.2. The number of aromatic nitrogens is 1. The maximum atomic E-state index is 7.18. The van der Waals surface area contributed by atoms with E-state index in [0.717, 1.165) is 11.3 Å². The second kappa shape index (κ2) is 8.99. The van der Waals surface area contributed by atoms with Crippen molar-refractivity contribution in [3.05, 3.63) is 162 Å². The van der Waals surface area contributed by atoms with E-state index in [1.54, 1.807) is 0 Å². The first-order valence-corrected chi connectivity index (χ1v) is 16.2. The first-order chi connectivity index (χ1) is 22.1. The molecular formula is C43H33NO. The molecule has 2 aromatic heterocycles. The maximum Gasteiger partial charge on any atom is 0.142 e. The molecule has 4 atom stereocenters. The number of fused-ring (bicyclic) bond motifs is 13. The Morgan fingerprint density at radius 3 is 2.27 bits per heavy atom. The number of furan rings is 1. The minimum Gasteiger partial charge on any atom is -0.455 e. The van der Waals surface area contributed by atoms with Gasteiger partial charge in [-0.2, -0.15) is 0 Å². The molecule has 45 heavy (non-hydrogen) atoms. The third-order valence-corrected chi connectivity index (χ3v) is 11.1. The monoisotopic (exact) mass is 579 g/mol. The predicted molar refractivity (Wildman–Crippen MR) is 185 cm³/mol. The quantitative estimate of drug-likeness (QED) is 0.200. The molecule has 0 N–H and O–H groups in total. The Balaban J connectivity index is 1.24. The number of hydrogen-bond acceptors (Lipinski definition) is 1.